The van der Waals surface area contributed by atoms with Crippen molar-refractivity contribution in [2.24, 2.45) is 0 Å². The van der Waals surface area contributed by atoms with Crippen molar-refractivity contribution in [1.29, 1.82) is 0 Å². The summed E-state index contributed by atoms with van der Waals surface area (Å²) in [6.45, 7) is 26.0. The molecule has 1 unspecified atom stereocenters. The molecule has 2 nitrogen and oxygen atoms in total. The van der Waals surface area contributed by atoms with Crippen molar-refractivity contribution in [1.82, 2.24) is 0 Å². The first kappa shape index (κ1) is 27.8. The molecule has 1 atom stereocenters. The third-order valence-corrected chi connectivity index (χ3v) is 20.2. The van der Waals surface area contributed by atoms with E-state index in [2.05, 4.69) is 109 Å². The largest absolute Gasteiger partial charge is 0.455 e. The normalized spacial score (nSPS) is 16.3. The van der Waals surface area contributed by atoms with Crippen LogP contribution in [0.2, 0.25) is 65.5 Å². The average Bonchev–Trinajstić information content (AvgIpc) is 2.65. The molecule has 4 bridgehead atoms. The maximum Gasteiger partial charge on any atom is 0.206 e. The van der Waals surface area contributed by atoms with Crippen LogP contribution in [0.25, 0.3) is 0 Å². The number of hydrogen-bond acceptors (Lipinski definition) is 2. The molecule has 0 aromatic heterocycles. The molecule has 0 radical (unpaired) electrons. The molecule has 0 amide bonds. The molecule has 34 heavy (non-hydrogen) atoms. The lowest BCUT2D eigenvalue weighted by molar-refractivity contribution is 0.532. The third-order valence-electron chi connectivity index (χ3n) is 7.04. The number of aryl methyl sites for hydroxylation is 4. The Hall–Kier alpha value is -0.772. The zero-order chi connectivity index (χ0) is 25.5. The zero-order valence-electron chi connectivity index (χ0n) is 23.7. The highest BCUT2D eigenvalue weighted by atomic mass is 28.4. The predicted octanol–water partition coefficient (Wildman–Crippen LogP) is 7.53. The highest BCUT2D eigenvalue weighted by Crippen LogP contribution is 2.34. The number of rotatable bonds is 7. The first-order valence-electron chi connectivity index (χ1n) is 13.1. The Morgan fingerprint density at radius 1 is 0.618 bits per heavy atom. The van der Waals surface area contributed by atoms with Gasteiger partial charge < -0.3 is 8.23 Å². The molecule has 2 aromatic rings. The first-order valence-corrected chi connectivity index (χ1v) is 25.8. The van der Waals surface area contributed by atoms with E-state index in [1.165, 1.54) is 27.4 Å². The quantitative estimate of drug-likeness (QED) is 0.346. The van der Waals surface area contributed by atoms with E-state index in [1.807, 2.05) is 0 Å². The lowest BCUT2D eigenvalue weighted by Gasteiger charge is -2.37. The van der Waals surface area contributed by atoms with Crippen LogP contribution < -0.4 is 5.19 Å². The van der Waals surface area contributed by atoms with Gasteiger partial charge in [-0.05, 0) is 130 Å². The predicted molar refractivity (Wildman–Crippen MR) is 160 cm³/mol. The summed E-state index contributed by atoms with van der Waals surface area (Å²) in [7, 11) is -6.99. The number of hydrogen-bond donors (Lipinski definition) is 0. The standard InChI is InChI=1S/C28H48O2Si4/c1-22(33(8,9)29-31(2,3)4)27-20-23-12-16-25(27)17-13-24-15-19-26(18-14-23)28(21-24)34(10,11)30-32(5,6)7/h12,15-16,19-22H,13-14,17-18H2,1-11H3. The lowest BCUT2D eigenvalue weighted by atomic mass is 9.92. The third kappa shape index (κ3) is 7.14. The van der Waals surface area contributed by atoms with Crippen molar-refractivity contribution in [3.05, 3.63) is 64.2 Å². The Morgan fingerprint density at radius 3 is 1.68 bits per heavy atom. The summed E-state index contributed by atoms with van der Waals surface area (Å²) >= 11 is 0. The summed E-state index contributed by atoms with van der Waals surface area (Å²) in [5, 5.41) is 1.52. The van der Waals surface area contributed by atoms with Crippen molar-refractivity contribution < 1.29 is 8.23 Å². The van der Waals surface area contributed by atoms with Gasteiger partial charge in [-0.3, -0.25) is 0 Å². The smallest absolute Gasteiger partial charge is 0.206 e. The Morgan fingerprint density at radius 2 is 1.12 bits per heavy atom. The van der Waals surface area contributed by atoms with Crippen molar-refractivity contribution in [2.45, 2.75) is 104 Å². The van der Waals surface area contributed by atoms with E-state index < -0.39 is 33.3 Å². The molecule has 0 saturated heterocycles. The fourth-order valence-corrected chi connectivity index (χ4v) is 21.7. The maximum atomic E-state index is 6.83. The summed E-state index contributed by atoms with van der Waals surface area (Å²) in [4.78, 5) is 0. The Bertz CT molecular complexity index is 1020. The summed E-state index contributed by atoms with van der Waals surface area (Å²) < 4.78 is 13.6. The zero-order valence-corrected chi connectivity index (χ0v) is 27.7. The molecule has 0 fully saturated rings. The van der Waals surface area contributed by atoms with Crippen molar-refractivity contribution in [3.63, 3.8) is 0 Å². The highest BCUT2D eigenvalue weighted by Gasteiger charge is 2.37. The molecule has 0 heterocycles. The minimum atomic E-state index is -1.96. The van der Waals surface area contributed by atoms with Crippen LogP contribution in [0.5, 0.6) is 0 Å². The molecule has 4 aliphatic rings. The van der Waals surface area contributed by atoms with Crippen molar-refractivity contribution >= 4 is 38.5 Å². The van der Waals surface area contributed by atoms with Gasteiger partial charge in [0.15, 0.2) is 25.0 Å². The molecule has 188 valence electrons. The van der Waals surface area contributed by atoms with E-state index in [0.29, 0.717) is 5.54 Å². The van der Waals surface area contributed by atoms with Crippen molar-refractivity contribution in [3.8, 4) is 0 Å². The fraction of sp³-hybridized carbons (Fsp3) is 0.571. The summed E-state index contributed by atoms with van der Waals surface area (Å²) in [6, 6.07) is 14.6. The van der Waals surface area contributed by atoms with Gasteiger partial charge >= 0.3 is 0 Å². The van der Waals surface area contributed by atoms with Crippen LogP contribution in [0.1, 0.15) is 40.3 Å². The van der Waals surface area contributed by atoms with E-state index in [4.69, 9.17) is 8.23 Å². The van der Waals surface area contributed by atoms with Crippen LogP contribution in [-0.2, 0) is 33.9 Å². The van der Waals surface area contributed by atoms with E-state index >= 15 is 0 Å². The molecular weight excluding hydrogens is 481 g/mol. The van der Waals surface area contributed by atoms with Crippen LogP contribution in [0.15, 0.2) is 36.4 Å². The van der Waals surface area contributed by atoms with Gasteiger partial charge in [0.1, 0.15) is 0 Å². The summed E-state index contributed by atoms with van der Waals surface area (Å²) in [5.41, 5.74) is 7.96. The van der Waals surface area contributed by atoms with Gasteiger partial charge in [0.2, 0.25) is 8.32 Å². The van der Waals surface area contributed by atoms with Gasteiger partial charge in [0.25, 0.3) is 0 Å². The highest BCUT2D eigenvalue weighted by molar-refractivity contribution is 6.92. The SMILES string of the molecule is CC(c1cc2ccc1CCc1ccc(c([Si](C)(C)O[Si](C)(C)C)c1)CC2)[Si](C)(C)O[Si](C)(C)C. The van der Waals surface area contributed by atoms with Gasteiger partial charge in [0.05, 0.1) is 0 Å². The Labute approximate surface area is 214 Å². The molecule has 6 heteroatoms. The maximum absolute atomic E-state index is 6.83. The Balaban J connectivity index is 1.98. The molecule has 2 aromatic carbocycles. The van der Waals surface area contributed by atoms with Crippen LogP contribution in [0, 0.1) is 0 Å². The van der Waals surface area contributed by atoms with E-state index in [0.717, 1.165) is 25.7 Å². The second-order valence-electron chi connectivity index (χ2n) is 13.3. The van der Waals surface area contributed by atoms with Gasteiger partial charge in [-0.15, -0.1) is 0 Å². The molecule has 4 aliphatic carbocycles. The monoisotopic (exact) mass is 528 g/mol. The van der Waals surface area contributed by atoms with E-state index in [-0.39, 0.29) is 0 Å². The minimum Gasteiger partial charge on any atom is -0.455 e. The topological polar surface area (TPSA) is 18.5 Å². The molecule has 0 spiro atoms. The van der Waals surface area contributed by atoms with Crippen LogP contribution in [0.3, 0.4) is 0 Å². The van der Waals surface area contributed by atoms with Crippen molar-refractivity contribution in [2.75, 3.05) is 0 Å². The molecule has 0 N–H and O–H groups in total. The summed E-state index contributed by atoms with van der Waals surface area (Å²) in [5.74, 6) is 0. The first-order chi connectivity index (χ1) is 15.5. The summed E-state index contributed by atoms with van der Waals surface area (Å²) in [6.07, 6.45) is 4.34. The lowest BCUT2D eigenvalue weighted by Crippen LogP contribution is -2.52. The van der Waals surface area contributed by atoms with Gasteiger partial charge in [-0.25, -0.2) is 0 Å². The molecular formula is C28H48O2Si4. The second kappa shape index (κ2) is 9.94. The van der Waals surface area contributed by atoms with E-state index in [9.17, 15) is 0 Å². The average molecular weight is 529 g/mol. The van der Waals surface area contributed by atoms with E-state index in [1.54, 1.807) is 5.56 Å². The van der Waals surface area contributed by atoms with Crippen LogP contribution in [-0.4, -0.2) is 33.3 Å². The van der Waals surface area contributed by atoms with Crippen LogP contribution in [0.4, 0.5) is 0 Å². The van der Waals surface area contributed by atoms with Gasteiger partial charge in [-0.2, -0.15) is 0 Å². The van der Waals surface area contributed by atoms with Gasteiger partial charge in [0, 0.05) is 0 Å². The Kier molecular flexibility index (Phi) is 8.13. The number of benzene rings is 2. The fourth-order valence-electron chi connectivity index (χ4n) is 5.62. The molecule has 0 aliphatic heterocycles. The molecule has 6 rings (SSSR count). The van der Waals surface area contributed by atoms with Crippen LogP contribution >= 0.6 is 0 Å². The molecule has 0 saturated carbocycles. The minimum absolute atomic E-state index is 0.491. The second-order valence-corrected chi connectivity index (χ2v) is 31.0. The van der Waals surface area contributed by atoms with Gasteiger partial charge in [-0.1, -0.05) is 43.3 Å².